The molecule has 0 aliphatic carbocycles. The highest BCUT2D eigenvalue weighted by Gasteiger charge is 2.31. The van der Waals surface area contributed by atoms with Crippen LogP contribution >= 0.6 is 11.6 Å². The van der Waals surface area contributed by atoms with Crippen molar-refractivity contribution in [1.82, 2.24) is 49.8 Å². The third-order valence-electron chi connectivity index (χ3n) is 18.2. The fourth-order valence-electron chi connectivity index (χ4n) is 11.3. The molecule has 30 nitrogen and oxygen atoms in total. The van der Waals surface area contributed by atoms with E-state index >= 15 is 0 Å². The van der Waals surface area contributed by atoms with Crippen LogP contribution in [0.4, 0.5) is 17.1 Å². The third kappa shape index (κ3) is 22.2. The van der Waals surface area contributed by atoms with Gasteiger partial charge in [0.05, 0.1) is 121 Å². The molecule has 15 rings (SSSR count). The number of halogens is 1. The van der Waals surface area contributed by atoms with Crippen LogP contribution in [-0.4, -0.2) is 102 Å². The van der Waals surface area contributed by atoms with Gasteiger partial charge in [-0.15, -0.1) is 0 Å². The van der Waals surface area contributed by atoms with Gasteiger partial charge < -0.3 is 53.3 Å². The third-order valence-corrected chi connectivity index (χ3v) is 18.5. The normalized spacial score (nSPS) is 11.5. The fourth-order valence-corrected chi connectivity index (χ4v) is 11.4. The van der Waals surface area contributed by atoms with Crippen LogP contribution in [0.5, 0.6) is 34.5 Å². The zero-order chi connectivity index (χ0) is 89.4. The summed E-state index contributed by atoms with van der Waals surface area (Å²) in [7, 11) is 1.55. The maximum atomic E-state index is 12.3. The van der Waals surface area contributed by atoms with E-state index in [1.54, 1.807) is 154 Å². The number of aromatic nitrogens is 10. The first-order valence-electron chi connectivity index (χ1n) is 38.6. The molecule has 31 heteroatoms. The second-order valence-corrected chi connectivity index (χ2v) is 34.0. The number of fused-ring (bicyclic) bond motifs is 5. The lowest BCUT2D eigenvalue weighted by molar-refractivity contribution is -0.384. The Morgan fingerprint density at radius 2 is 0.683 bits per heavy atom. The van der Waals surface area contributed by atoms with E-state index in [4.69, 9.17) is 40.0 Å². The van der Waals surface area contributed by atoms with Crippen molar-refractivity contribution in [1.29, 1.82) is 0 Å². The Labute approximate surface area is 710 Å². The van der Waals surface area contributed by atoms with Gasteiger partial charge >= 0.3 is 29.8 Å². The zero-order valence-electron chi connectivity index (χ0n) is 70.5. The van der Waals surface area contributed by atoms with Crippen molar-refractivity contribution in [2.45, 2.75) is 111 Å². The fraction of sp³-hybridized carbons (Fsp3) is 0.239. The van der Waals surface area contributed by atoms with E-state index in [0.29, 0.717) is 113 Å². The number of nitro groups is 3. The molecular weight excluding hydrogens is 1590 g/mol. The quantitative estimate of drug-likeness (QED) is 0.0292. The number of aryl methyl sites for hydroxylation is 1. The molecule has 5 heterocycles. The Morgan fingerprint density at radius 1 is 0.325 bits per heavy atom. The predicted molar refractivity (Wildman–Crippen MR) is 469 cm³/mol. The van der Waals surface area contributed by atoms with Crippen molar-refractivity contribution in [3.8, 4) is 91.4 Å². The molecule has 0 saturated heterocycles. The largest absolute Gasteiger partial charge is 0.493 e. The average Bonchev–Trinajstić information content (AvgIpc) is 1.69. The first kappa shape index (κ1) is 89.0. The molecule has 0 saturated carbocycles. The summed E-state index contributed by atoms with van der Waals surface area (Å²) in [5.74, 6) is 3.71. The Bertz CT molecular complexity index is 6380. The molecule has 0 spiro atoms. The van der Waals surface area contributed by atoms with Gasteiger partial charge in [-0.3, -0.25) is 54.3 Å². The second-order valence-electron chi connectivity index (χ2n) is 33.5. The molecule has 0 atom stereocenters. The van der Waals surface area contributed by atoms with Gasteiger partial charge in [0.1, 0.15) is 52.1 Å². The van der Waals surface area contributed by atoms with Crippen molar-refractivity contribution in [3.05, 3.63) is 247 Å². The lowest BCUT2D eigenvalue weighted by Crippen LogP contribution is -2.26. The number of para-hydroxylation sites is 6. The maximum Gasteiger partial charge on any atom is 0.316 e. The van der Waals surface area contributed by atoms with Crippen molar-refractivity contribution in [2.75, 3.05) is 7.11 Å². The van der Waals surface area contributed by atoms with Gasteiger partial charge in [-0.1, -0.05) is 72.3 Å². The molecule has 0 radical (unpaired) electrons. The number of esters is 5. The van der Waals surface area contributed by atoms with Crippen LogP contribution in [0.25, 0.3) is 112 Å². The van der Waals surface area contributed by atoms with Crippen LogP contribution in [0.15, 0.2) is 206 Å². The van der Waals surface area contributed by atoms with E-state index in [0.717, 1.165) is 44.6 Å². The lowest BCUT2D eigenvalue weighted by Gasteiger charge is -2.19. The monoisotopic (exact) mass is 1680 g/mol. The van der Waals surface area contributed by atoms with E-state index in [9.17, 15) is 54.3 Å². The van der Waals surface area contributed by atoms with E-state index in [2.05, 4.69) is 49.8 Å². The molecule has 632 valence electrons. The number of ether oxygens (including phenoxy) is 6. The highest BCUT2D eigenvalue weighted by molar-refractivity contribution is 6.31. The molecule has 10 aromatic carbocycles. The number of nitrogens with one attached hydrogen (secondary N) is 5. The Balaban J connectivity index is 0.000000150. The van der Waals surface area contributed by atoms with Crippen LogP contribution in [-0.2, 0) is 24.0 Å². The van der Waals surface area contributed by atoms with Gasteiger partial charge in [0.2, 0.25) is 0 Å². The van der Waals surface area contributed by atoms with Gasteiger partial charge in [0.25, 0.3) is 17.1 Å². The van der Waals surface area contributed by atoms with Crippen LogP contribution in [0.1, 0.15) is 109 Å². The van der Waals surface area contributed by atoms with Crippen molar-refractivity contribution in [3.63, 3.8) is 0 Å². The molecule has 0 fully saturated rings. The van der Waals surface area contributed by atoms with Crippen LogP contribution in [0.2, 0.25) is 5.02 Å². The van der Waals surface area contributed by atoms with Gasteiger partial charge in [-0.2, -0.15) is 0 Å². The number of benzene rings is 10. The van der Waals surface area contributed by atoms with Gasteiger partial charge in [0.15, 0.2) is 11.5 Å². The Morgan fingerprint density at radius 3 is 1.14 bits per heavy atom. The smallest absolute Gasteiger partial charge is 0.316 e. The topological polar surface area (TPSA) is 414 Å². The number of H-pyrrole nitrogens is 5. The summed E-state index contributed by atoms with van der Waals surface area (Å²) in [6.07, 6.45) is 0. The number of non-ortho nitro benzene ring substituents is 3. The molecule has 0 unspecified atom stereocenters. The van der Waals surface area contributed by atoms with Crippen LogP contribution < -0.4 is 28.4 Å². The first-order chi connectivity index (χ1) is 57.9. The van der Waals surface area contributed by atoms with E-state index < -0.39 is 47.8 Å². The number of nitro benzene ring substituents is 3. The molecule has 15 aromatic rings. The van der Waals surface area contributed by atoms with Gasteiger partial charge in [-0.25, -0.2) is 24.9 Å². The highest BCUT2D eigenvalue weighted by atomic mass is 35.5. The molecule has 0 amide bonds. The number of nitrogens with zero attached hydrogens (tertiary/aromatic N) is 8. The van der Waals surface area contributed by atoms with Crippen LogP contribution in [0.3, 0.4) is 0 Å². The predicted octanol–water partition coefficient (Wildman–Crippen LogP) is 21.6. The molecule has 5 N–H and O–H groups in total. The number of carbonyl (C=O) groups is 5. The number of rotatable bonds is 14. The number of imidazole rings is 5. The summed E-state index contributed by atoms with van der Waals surface area (Å²) in [5.41, 5.74) is 8.11. The molecule has 5 aromatic heterocycles. The summed E-state index contributed by atoms with van der Waals surface area (Å²) in [5, 5.41) is 33.2. The van der Waals surface area contributed by atoms with Gasteiger partial charge in [-0.05, 0) is 226 Å². The van der Waals surface area contributed by atoms with E-state index in [1.807, 2.05) is 133 Å². The number of hydrogen-bond acceptors (Lipinski definition) is 22. The second kappa shape index (κ2) is 36.4. The maximum absolute atomic E-state index is 12.3. The summed E-state index contributed by atoms with van der Waals surface area (Å²) in [6.45, 7) is 28.7. The highest BCUT2D eigenvalue weighted by Crippen LogP contribution is 2.40. The average molecular weight is 1690 g/mol. The minimum absolute atomic E-state index is 0.0285. The molecule has 123 heavy (non-hydrogen) atoms. The summed E-state index contributed by atoms with van der Waals surface area (Å²) >= 11 is 6.09. The van der Waals surface area contributed by atoms with Crippen molar-refractivity contribution >= 4 is 114 Å². The van der Waals surface area contributed by atoms with Crippen molar-refractivity contribution < 1.29 is 67.2 Å². The molecular formula is C92H90ClN13O17. The SMILES string of the molecule is CC(C)(C)C(=O)Oc1ccc(Cl)cc1-c1nc2cc([N+](=O)[O-])ccc2[nH]1.CC(C)(C)C(=O)Oc1cccc(-c2nc3ccccc3[nH]2)c1.CC(C)(C)C(=O)Oc1ccccc1-c1nc2cc([N+](=O)[O-])ccc2[nH]1.COc1ccc(-c2nc3ccccc3[nH]2)cc1OC(=O)C(C)(C)C.Cc1cccc(-c2nc3cc([N+](=O)[O-])ccc3[nH]2)c1OC(=O)C(C)(C)C. The lowest BCUT2D eigenvalue weighted by atomic mass is 9.97. The summed E-state index contributed by atoms with van der Waals surface area (Å²) < 4.78 is 32.9. The van der Waals surface area contributed by atoms with E-state index in [1.165, 1.54) is 36.4 Å². The Hall–Kier alpha value is -14.8. The first-order valence-corrected chi connectivity index (χ1v) is 39.0. The minimum atomic E-state index is -0.675. The van der Waals surface area contributed by atoms with Crippen molar-refractivity contribution in [2.24, 2.45) is 27.1 Å². The molecule has 0 aliphatic rings. The summed E-state index contributed by atoms with van der Waals surface area (Å²) in [4.78, 5) is 130. The number of hydrogen-bond donors (Lipinski definition) is 5. The van der Waals surface area contributed by atoms with Gasteiger partial charge in [0, 0.05) is 52.5 Å². The standard InChI is InChI=1S/C19H19N3O4.C19H20N2O3.C18H16ClN3O4.C18H17N3O4.C18H18N2O2/c1-11-6-5-7-13(16(11)26-18(23)19(2,3)4)17-20-14-9-8-12(22(24)25)10-15(14)21-17;1-19(2,3)18(22)24-16-11-12(9-10-15(16)23-4)17-20-13-7-5-6-8-14(13)21-17;1-18(2,3)17(23)26-15-7-4-10(19)8-12(15)16-20-13-6-5-11(22(24)25)9-14(13)21-16;1-18(2,3)17(22)25-15-7-5-4-6-12(15)16-19-13-9-8-11(21(23)24)10-14(13)20-16;1-18(2,3)17(21)22-13-8-6-7-12(11-13)16-19-14-9-4-5-10-15(14)20-16/h5-10H,1-4H3,(H,20,21);5-11H,1-4H3,(H,20,21);4-9H,1-3H3,(H,20,21);4-10H,1-3H3,(H,19,20);4-11H,1-3H3,(H,19,20). The zero-order valence-corrected chi connectivity index (χ0v) is 71.3. The number of aromatic amines is 5. The minimum Gasteiger partial charge on any atom is -0.493 e. The summed E-state index contributed by atoms with van der Waals surface area (Å²) in [6, 6.07) is 59.0. The Kier molecular flexibility index (Phi) is 26.3. The number of methoxy groups -OCH3 is 1. The van der Waals surface area contributed by atoms with E-state index in [-0.39, 0.29) is 40.9 Å². The number of carbonyl (C=O) groups excluding carboxylic acids is 5. The van der Waals surface area contributed by atoms with Crippen LogP contribution in [0, 0.1) is 64.3 Å². The molecule has 0 bridgehead atoms. The molecule has 0 aliphatic heterocycles.